The maximum atomic E-state index is 12.2. The van der Waals surface area contributed by atoms with Crippen LogP contribution in [-0.4, -0.2) is 42.3 Å². The van der Waals surface area contributed by atoms with E-state index in [9.17, 15) is 4.79 Å². The van der Waals surface area contributed by atoms with Crippen molar-refractivity contribution < 1.29 is 9.53 Å². The van der Waals surface area contributed by atoms with Gasteiger partial charge in [-0.05, 0) is 54.0 Å². The van der Waals surface area contributed by atoms with Gasteiger partial charge < -0.3 is 15.0 Å². The Labute approximate surface area is 117 Å². The van der Waals surface area contributed by atoms with Crippen LogP contribution in [0.1, 0.15) is 47.0 Å². The highest BCUT2D eigenvalue weighted by atomic mass is 35.5. The Kier molecular flexibility index (Phi) is 6.44. The summed E-state index contributed by atoms with van der Waals surface area (Å²) in [5, 5.41) is 3.18. The number of nitrogens with zero attached hydrogens (tertiary/aromatic N) is 1. The number of likely N-dealkylation sites (tertiary alicyclic amines) is 1. The van der Waals surface area contributed by atoms with E-state index in [1.807, 2.05) is 32.7 Å². The largest absolute Gasteiger partial charge is 0.444 e. The molecule has 1 saturated heterocycles. The summed E-state index contributed by atoms with van der Waals surface area (Å²) in [6.07, 6.45) is 3.10. The van der Waals surface area contributed by atoms with E-state index in [-0.39, 0.29) is 24.0 Å². The molecule has 0 aromatic heterocycles. The summed E-state index contributed by atoms with van der Waals surface area (Å²) in [5.41, 5.74) is -0.537. The third kappa shape index (κ3) is 4.65. The van der Waals surface area contributed by atoms with Gasteiger partial charge >= 0.3 is 6.09 Å². The molecule has 1 aliphatic heterocycles. The van der Waals surface area contributed by atoms with Gasteiger partial charge in [0.25, 0.3) is 0 Å². The van der Waals surface area contributed by atoms with Crippen molar-refractivity contribution in [2.45, 2.75) is 58.1 Å². The third-order valence-corrected chi connectivity index (χ3v) is 3.17. The molecule has 1 fully saturated rings. The van der Waals surface area contributed by atoms with Crippen LogP contribution in [0, 0.1) is 0 Å². The van der Waals surface area contributed by atoms with Gasteiger partial charge in [-0.1, -0.05) is 0 Å². The minimum Gasteiger partial charge on any atom is -0.444 e. The molecule has 1 amide bonds. The van der Waals surface area contributed by atoms with Crippen LogP contribution in [0.2, 0.25) is 0 Å². The molecule has 1 rings (SSSR count). The zero-order chi connectivity index (χ0) is 13.1. The highest BCUT2D eigenvalue weighted by Gasteiger charge is 2.38. The Hall–Kier alpha value is -0.480. The van der Waals surface area contributed by atoms with Gasteiger partial charge in [-0.2, -0.15) is 0 Å². The van der Waals surface area contributed by atoms with Crippen LogP contribution in [0.25, 0.3) is 0 Å². The van der Waals surface area contributed by atoms with E-state index in [2.05, 4.69) is 12.2 Å². The average Bonchev–Trinajstić information content (AvgIpc) is 2.15. The first-order valence-corrected chi connectivity index (χ1v) is 6.44. The zero-order valence-corrected chi connectivity index (χ0v) is 13.0. The van der Waals surface area contributed by atoms with Crippen LogP contribution in [0.3, 0.4) is 0 Å². The summed E-state index contributed by atoms with van der Waals surface area (Å²) < 4.78 is 5.48. The van der Waals surface area contributed by atoms with Crippen molar-refractivity contribution in [3.05, 3.63) is 0 Å². The predicted octanol–water partition coefficient (Wildman–Crippen LogP) is 2.81. The summed E-state index contributed by atoms with van der Waals surface area (Å²) in [5.74, 6) is 0. The summed E-state index contributed by atoms with van der Waals surface area (Å²) >= 11 is 0. The second-order valence-corrected chi connectivity index (χ2v) is 6.12. The van der Waals surface area contributed by atoms with Gasteiger partial charge in [0.15, 0.2) is 0 Å². The fourth-order valence-electron chi connectivity index (χ4n) is 2.37. The number of carbonyl (C=O) groups is 1. The lowest BCUT2D eigenvalue weighted by Gasteiger charge is -2.45. The fourth-order valence-corrected chi connectivity index (χ4v) is 2.37. The number of piperidine rings is 1. The maximum Gasteiger partial charge on any atom is 0.410 e. The van der Waals surface area contributed by atoms with Crippen molar-refractivity contribution in [3.63, 3.8) is 0 Å². The third-order valence-electron chi connectivity index (χ3n) is 3.17. The van der Waals surface area contributed by atoms with Crippen LogP contribution in [0.15, 0.2) is 0 Å². The van der Waals surface area contributed by atoms with E-state index >= 15 is 0 Å². The predicted molar refractivity (Wildman–Crippen MR) is 76.4 cm³/mol. The minimum atomic E-state index is -0.422. The molecule has 18 heavy (non-hydrogen) atoms. The molecular weight excluding hydrogens is 252 g/mol. The molecule has 0 radical (unpaired) electrons. The first-order chi connectivity index (χ1) is 7.78. The summed E-state index contributed by atoms with van der Waals surface area (Å²) in [7, 11) is 1.92. The Morgan fingerprint density at radius 3 is 2.50 bits per heavy atom. The zero-order valence-electron chi connectivity index (χ0n) is 12.2. The highest BCUT2D eigenvalue weighted by Crippen LogP contribution is 2.28. The van der Waals surface area contributed by atoms with Crippen molar-refractivity contribution in [2.24, 2.45) is 0 Å². The van der Waals surface area contributed by atoms with Crippen LogP contribution >= 0.6 is 12.4 Å². The smallest absolute Gasteiger partial charge is 0.410 e. The van der Waals surface area contributed by atoms with Crippen LogP contribution < -0.4 is 5.32 Å². The van der Waals surface area contributed by atoms with E-state index in [1.54, 1.807) is 0 Å². The van der Waals surface area contributed by atoms with Gasteiger partial charge in [0.1, 0.15) is 5.60 Å². The van der Waals surface area contributed by atoms with Gasteiger partial charge in [-0.15, -0.1) is 12.4 Å². The van der Waals surface area contributed by atoms with E-state index in [0.717, 1.165) is 25.9 Å². The molecule has 1 aliphatic rings. The van der Waals surface area contributed by atoms with Gasteiger partial charge in [-0.3, -0.25) is 0 Å². The number of ether oxygens (including phenoxy) is 1. The summed E-state index contributed by atoms with van der Waals surface area (Å²) in [4.78, 5) is 14.1. The number of rotatable bonds is 2. The first-order valence-electron chi connectivity index (χ1n) is 6.44. The van der Waals surface area contributed by atoms with E-state index in [0.29, 0.717) is 0 Å². The van der Waals surface area contributed by atoms with Gasteiger partial charge in [0.2, 0.25) is 0 Å². The molecule has 1 unspecified atom stereocenters. The van der Waals surface area contributed by atoms with Crippen molar-refractivity contribution >= 4 is 18.5 Å². The summed E-state index contributed by atoms with van der Waals surface area (Å²) in [6, 6.07) is 0. The molecule has 0 bridgehead atoms. The van der Waals surface area contributed by atoms with Gasteiger partial charge in [-0.25, -0.2) is 4.79 Å². The Morgan fingerprint density at radius 2 is 2.00 bits per heavy atom. The van der Waals surface area contributed by atoms with Crippen LogP contribution in [-0.2, 0) is 4.74 Å². The molecule has 1 heterocycles. The average molecular weight is 279 g/mol. The second-order valence-electron chi connectivity index (χ2n) is 6.12. The molecule has 1 atom stereocenters. The molecule has 5 heteroatoms. The lowest BCUT2D eigenvalue weighted by atomic mass is 9.89. The molecule has 0 spiro atoms. The van der Waals surface area contributed by atoms with Crippen molar-refractivity contribution in [3.8, 4) is 0 Å². The number of hydrogen-bond acceptors (Lipinski definition) is 3. The second kappa shape index (κ2) is 6.62. The first kappa shape index (κ1) is 17.5. The summed E-state index contributed by atoms with van der Waals surface area (Å²) in [6.45, 7) is 9.46. The molecule has 0 aliphatic carbocycles. The molecule has 4 nitrogen and oxygen atoms in total. The van der Waals surface area contributed by atoms with E-state index in [4.69, 9.17) is 4.74 Å². The normalized spacial score (nSPS) is 24.4. The topological polar surface area (TPSA) is 41.6 Å². The van der Waals surface area contributed by atoms with Crippen molar-refractivity contribution in [2.75, 3.05) is 20.1 Å². The standard InChI is InChI=1S/C13H26N2O2.ClH/c1-12(2,3)17-11(16)15-9-7-6-8-13(15,4)10-14-5;/h14H,6-10H2,1-5H3;1H. The van der Waals surface area contributed by atoms with Crippen LogP contribution in [0.5, 0.6) is 0 Å². The lowest BCUT2D eigenvalue weighted by molar-refractivity contribution is -0.0103. The molecular formula is C13H27ClN2O2. The van der Waals surface area contributed by atoms with Crippen LogP contribution in [0.4, 0.5) is 4.79 Å². The van der Waals surface area contributed by atoms with Gasteiger partial charge in [0, 0.05) is 13.1 Å². The SMILES string of the molecule is CNCC1(C)CCCCN1C(=O)OC(C)(C)C.Cl. The lowest BCUT2D eigenvalue weighted by Crippen LogP contribution is -2.58. The maximum absolute atomic E-state index is 12.2. The Morgan fingerprint density at radius 1 is 1.39 bits per heavy atom. The quantitative estimate of drug-likeness (QED) is 0.844. The van der Waals surface area contributed by atoms with E-state index < -0.39 is 5.60 Å². The number of amides is 1. The van der Waals surface area contributed by atoms with Crippen molar-refractivity contribution in [1.29, 1.82) is 0 Å². The molecule has 0 saturated carbocycles. The van der Waals surface area contributed by atoms with Gasteiger partial charge in [0.05, 0.1) is 5.54 Å². The molecule has 0 aromatic carbocycles. The highest BCUT2D eigenvalue weighted by molar-refractivity contribution is 5.85. The molecule has 0 aromatic rings. The number of halogens is 1. The number of likely N-dealkylation sites (N-methyl/N-ethyl adjacent to an activating group) is 1. The monoisotopic (exact) mass is 278 g/mol. The molecule has 1 N–H and O–H groups in total. The number of hydrogen-bond donors (Lipinski definition) is 1. The fraction of sp³-hybridized carbons (Fsp3) is 0.923. The van der Waals surface area contributed by atoms with E-state index in [1.165, 1.54) is 6.42 Å². The van der Waals surface area contributed by atoms with Crippen molar-refractivity contribution in [1.82, 2.24) is 10.2 Å². The molecule has 108 valence electrons. The number of nitrogens with one attached hydrogen (secondary N) is 1. The Balaban J connectivity index is 0.00000289. The number of carbonyl (C=O) groups excluding carboxylic acids is 1. The minimum absolute atomic E-state index is 0. The Bertz CT molecular complexity index is 275.